The Hall–Kier alpha value is -3.21. The van der Waals surface area contributed by atoms with Crippen LogP contribution < -0.4 is 5.32 Å². The number of carbonyl (C=O) groups is 1. The maximum Gasteiger partial charge on any atom is 0.416 e. The van der Waals surface area contributed by atoms with Crippen molar-refractivity contribution in [1.82, 2.24) is 20.2 Å². The van der Waals surface area contributed by atoms with Crippen LogP contribution in [-0.4, -0.2) is 39.3 Å². The first-order valence-corrected chi connectivity index (χ1v) is 8.35. The Morgan fingerprint density at radius 3 is 2.71 bits per heavy atom. The molecule has 0 radical (unpaired) electrons. The molecule has 28 heavy (non-hydrogen) atoms. The minimum atomic E-state index is -4.41. The number of nitrogens with zero attached hydrogens (tertiary/aromatic N) is 4. The van der Waals surface area contributed by atoms with Gasteiger partial charge in [-0.05, 0) is 18.6 Å². The summed E-state index contributed by atoms with van der Waals surface area (Å²) in [6, 6.07) is 5.92. The summed E-state index contributed by atoms with van der Waals surface area (Å²) in [5, 5.41) is 14.0. The predicted octanol–water partition coefficient (Wildman–Crippen LogP) is 3.17. The van der Waals surface area contributed by atoms with Gasteiger partial charge in [0.2, 0.25) is 5.88 Å². The molecule has 3 heterocycles. The molecule has 11 heteroatoms. The molecule has 1 aliphatic heterocycles. The summed E-state index contributed by atoms with van der Waals surface area (Å²) in [6.07, 6.45) is -2.10. The van der Waals surface area contributed by atoms with Gasteiger partial charge in [-0.25, -0.2) is 4.68 Å². The summed E-state index contributed by atoms with van der Waals surface area (Å²) in [7, 11) is 0. The molecule has 0 saturated carbocycles. The number of hydrogen-bond donors (Lipinski definition) is 1. The molecule has 0 bridgehead atoms. The van der Waals surface area contributed by atoms with Gasteiger partial charge in [-0.2, -0.15) is 13.2 Å². The molecule has 1 N–H and O–H groups in total. The molecule has 2 aromatic heterocycles. The van der Waals surface area contributed by atoms with Crippen molar-refractivity contribution in [3.63, 3.8) is 0 Å². The van der Waals surface area contributed by atoms with Gasteiger partial charge in [0, 0.05) is 18.2 Å². The van der Waals surface area contributed by atoms with Crippen LogP contribution >= 0.6 is 0 Å². The van der Waals surface area contributed by atoms with Crippen LogP contribution in [0.2, 0.25) is 0 Å². The van der Waals surface area contributed by atoms with E-state index in [2.05, 4.69) is 20.8 Å². The lowest BCUT2D eigenvalue weighted by atomic mass is 10.1. The van der Waals surface area contributed by atoms with Gasteiger partial charge in [-0.1, -0.05) is 22.5 Å². The molecule has 1 saturated heterocycles. The van der Waals surface area contributed by atoms with E-state index in [1.807, 2.05) is 0 Å². The van der Waals surface area contributed by atoms with Gasteiger partial charge >= 0.3 is 6.18 Å². The monoisotopic (exact) mass is 393 g/mol. The number of anilines is 1. The molecular formula is C17H14F3N5O3. The van der Waals surface area contributed by atoms with Gasteiger partial charge in [0.15, 0.2) is 5.69 Å². The maximum absolute atomic E-state index is 12.6. The second-order valence-electron chi connectivity index (χ2n) is 6.21. The van der Waals surface area contributed by atoms with Crippen molar-refractivity contribution in [3.05, 3.63) is 47.8 Å². The number of halogens is 3. The van der Waals surface area contributed by atoms with Crippen molar-refractivity contribution in [2.24, 2.45) is 0 Å². The predicted molar refractivity (Wildman–Crippen MR) is 89.4 cm³/mol. The first kappa shape index (κ1) is 18.2. The van der Waals surface area contributed by atoms with Crippen LogP contribution in [0.4, 0.5) is 19.1 Å². The highest BCUT2D eigenvalue weighted by Gasteiger charge is 2.30. The summed E-state index contributed by atoms with van der Waals surface area (Å²) in [5.41, 5.74) is 0.0450. The molecule has 1 fully saturated rings. The molecule has 0 aliphatic carbocycles. The Labute approximate surface area is 156 Å². The first-order chi connectivity index (χ1) is 13.4. The second kappa shape index (κ2) is 7.08. The molecule has 1 atom stereocenters. The minimum absolute atomic E-state index is 0.0404. The molecule has 146 valence electrons. The summed E-state index contributed by atoms with van der Waals surface area (Å²) >= 11 is 0. The average molecular weight is 393 g/mol. The number of carbonyl (C=O) groups excluding carboxylic acids is 1. The van der Waals surface area contributed by atoms with Crippen molar-refractivity contribution in [1.29, 1.82) is 0 Å². The number of alkyl halides is 3. The number of hydrogen-bond acceptors (Lipinski definition) is 6. The molecule has 4 rings (SSSR count). The highest BCUT2D eigenvalue weighted by atomic mass is 19.4. The Bertz CT molecular complexity index is 975. The molecule has 1 amide bonds. The lowest BCUT2D eigenvalue weighted by Crippen LogP contribution is -2.12. The lowest BCUT2D eigenvalue weighted by Gasteiger charge is -2.06. The van der Waals surface area contributed by atoms with Gasteiger partial charge in [0.25, 0.3) is 5.91 Å². The zero-order valence-corrected chi connectivity index (χ0v) is 14.3. The van der Waals surface area contributed by atoms with Crippen LogP contribution in [0.15, 0.2) is 41.1 Å². The fourth-order valence-corrected chi connectivity index (χ4v) is 2.77. The number of ether oxygens (including phenoxy) is 1. The zero-order chi connectivity index (χ0) is 19.7. The van der Waals surface area contributed by atoms with E-state index in [0.29, 0.717) is 18.8 Å². The molecule has 0 spiro atoms. The largest absolute Gasteiger partial charge is 0.416 e. The molecule has 8 nitrogen and oxygen atoms in total. The first-order valence-electron chi connectivity index (χ1n) is 8.35. The van der Waals surface area contributed by atoms with Gasteiger partial charge in [0.1, 0.15) is 5.69 Å². The normalized spacial score (nSPS) is 17.0. The van der Waals surface area contributed by atoms with Gasteiger partial charge in [-0.3, -0.25) is 10.1 Å². The van der Waals surface area contributed by atoms with Crippen LogP contribution in [0.1, 0.15) is 28.5 Å². The summed E-state index contributed by atoms with van der Waals surface area (Å²) in [5.74, 6) is -0.501. The lowest BCUT2D eigenvalue weighted by molar-refractivity contribution is -0.137. The highest BCUT2D eigenvalue weighted by molar-refractivity contribution is 6.02. The topological polar surface area (TPSA) is 95.1 Å². The van der Waals surface area contributed by atoms with Crippen LogP contribution in [0, 0.1) is 0 Å². The number of amides is 1. The van der Waals surface area contributed by atoms with Crippen molar-refractivity contribution in [2.45, 2.75) is 18.6 Å². The van der Waals surface area contributed by atoms with E-state index in [9.17, 15) is 18.0 Å². The van der Waals surface area contributed by atoms with Crippen molar-refractivity contribution >= 4 is 11.8 Å². The fourth-order valence-electron chi connectivity index (χ4n) is 2.77. The number of nitrogens with one attached hydrogen (secondary N) is 1. The Kier molecular flexibility index (Phi) is 4.59. The van der Waals surface area contributed by atoms with E-state index >= 15 is 0 Å². The molecule has 1 unspecified atom stereocenters. The zero-order valence-electron chi connectivity index (χ0n) is 14.3. The smallest absolute Gasteiger partial charge is 0.379 e. The second-order valence-corrected chi connectivity index (χ2v) is 6.21. The highest BCUT2D eigenvalue weighted by Crippen LogP contribution is 2.31. The van der Waals surface area contributed by atoms with Gasteiger partial charge in [-0.15, -0.1) is 5.10 Å². The molecule has 1 aromatic carbocycles. The molecular weight excluding hydrogens is 379 g/mol. The Balaban J connectivity index is 1.44. The maximum atomic E-state index is 12.6. The van der Waals surface area contributed by atoms with E-state index in [-0.39, 0.29) is 23.3 Å². The summed E-state index contributed by atoms with van der Waals surface area (Å²) < 4.78 is 49.8. The van der Waals surface area contributed by atoms with Crippen molar-refractivity contribution < 1.29 is 27.2 Å². The minimum Gasteiger partial charge on any atom is -0.379 e. The third kappa shape index (κ3) is 3.74. The quantitative estimate of drug-likeness (QED) is 0.732. The van der Waals surface area contributed by atoms with Crippen molar-refractivity contribution in [2.75, 3.05) is 18.5 Å². The number of aromatic nitrogens is 4. The van der Waals surface area contributed by atoms with Gasteiger partial charge in [0.05, 0.1) is 24.4 Å². The van der Waals surface area contributed by atoms with Crippen LogP contribution in [0.25, 0.3) is 11.3 Å². The number of rotatable bonds is 4. The Morgan fingerprint density at radius 2 is 2.04 bits per heavy atom. The van der Waals surface area contributed by atoms with Gasteiger partial charge < -0.3 is 9.26 Å². The fraction of sp³-hybridized carbons (Fsp3) is 0.294. The summed E-state index contributed by atoms with van der Waals surface area (Å²) in [4.78, 5) is 12.3. The third-order valence-electron chi connectivity index (χ3n) is 4.28. The van der Waals surface area contributed by atoms with E-state index in [1.165, 1.54) is 24.4 Å². The molecule has 1 aliphatic rings. The average Bonchev–Trinajstić information content (AvgIpc) is 3.41. The molecule has 3 aromatic rings. The van der Waals surface area contributed by atoms with E-state index in [1.54, 1.807) is 4.68 Å². The Morgan fingerprint density at radius 1 is 1.25 bits per heavy atom. The third-order valence-corrected chi connectivity index (χ3v) is 4.28. The standard InChI is InChI=1S/C17H14F3N5O3/c18-17(19,20)11-3-1-10(2-4-11)13-7-15(28-23-13)21-16(26)14-8-25(24-22-14)12-5-6-27-9-12/h1-4,7-8,12H,5-6,9H2,(H,21,26). The van der Waals surface area contributed by atoms with E-state index in [0.717, 1.165) is 18.6 Å². The number of benzene rings is 1. The SMILES string of the molecule is O=C(Nc1cc(-c2ccc(C(F)(F)F)cc2)no1)c1cn(C2CCOC2)nn1. The van der Waals surface area contributed by atoms with Crippen molar-refractivity contribution in [3.8, 4) is 11.3 Å². The van der Waals surface area contributed by atoms with E-state index < -0.39 is 17.6 Å². The van der Waals surface area contributed by atoms with Crippen LogP contribution in [-0.2, 0) is 10.9 Å². The van der Waals surface area contributed by atoms with Crippen LogP contribution in [0.3, 0.4) is 0 Å². The van der Waals surface area contributed by atoms with E-state index in [4.69, 9.17) is 9.26 Å². The summed E-state index contributed by atoms with van der Waals surface area (Å²) in [6.45, 7) is 1.15. The van der Waals surface area contributed by atoms with Crippen LogP contribution in [0.5, 0.6) is 0 Å².